The normalized spacial score (nSPS) is 16.1. The number of esters is 1. The van der Waals surface area contributed by atoms with Gasteiger partial charge in [-0.1, -0.05) is 31.9 Å². The SMILES string of the molecule is CCCC(N)C(CC)COC(=O)CCSc1ccnc(N2CCC2)c1Cl. The van der Waals surface area contributed by atoms with Gasteiger partial charge in [0.1, 0.15) is 5.82 Å². The maximum atomic E-state index is 12.0. The number of nitrogens with zero attached hydrogens (tertiary/aromatic N) is 2. The minimum Gasteiger partial charge on any atom is -0.465 e. The summed E-state index contributed by atoms with van der Waals surface area (Å²) in [5, 5.41) is 0.683. The Hall–Kier alpha value is -0.980. The molecule has 0 radical (unpaired) electrons. The second-order valence-electron chi connectivity index (χ2n) is 6.69. The van der Waals surface area contributed by atoms with Crippen LogP contribution in [0.3, 0.4) is 0 Å². The average molecular weight is 400 g/mol. The molecule has 1 aromatic heterocycles. The van der Waals surface area contributed by atoms with Crippen LogP contribution in [0.15, 0.2) is 17.2 Å². The Morgan fingerprint density at radius 1 is 1.46 bits per heavy atom. The third kappa shape index (κ3) is 6.03. The van der Waals surface area contributed by atoms with Crippen molar-refractivity contribution in [3.05, 3.63) is 17.3 Å². The van der Waals surface area contributed by atoms with E-state index in [2.05, 4.69) is 23.7 Å². The first-order valence-corrected chi connectivity index (χ1v) is 10.9. The summed E-state index contributed by atoms with van der Waals surface area (Å²) in [4.78, 5) is 19.5. The summed E-state index contributed by atoms with van der Waals surface area (Å²) in [7, 11) is 0. The van der Waals surface area contributed by atoms with Crippen LogP contribution in [0.2, 0.25) is 5.02 Å². The third-order valence-corrected chi connectivity index (χ3v) is 6.31. The predicted octanol–water partition coefficient (Wildman–Crippen LogP) is 4.12. The number of thioether (sulfide) groups is 1. The van der Waals surface area contributed by atoms with Gasteiger partial charge in [-0.2, -0.15) is 0 Å². The van der Waals surface area contributed by atoms with Gasteiger partial charge in [0.25, 0.3) is 0 Å². The van der Waals surface area contributed by atoms with Gasteiger partial charge in [0.05, 0.1) is 18.1 Å². The first-order valence-electron chi connectivity index (χ1n) is 9.50. The molecule has 1 aliphatic heterocycles. The predicted molar refractivity (Wildman–Crippen MR) is 109 cm³/mol. The largest absolute Gasteiger partial charge is 0.465 e. The molecule has 0 bridgehead atoms. The number of carbonyl (C=O) groups excluding carboxylic acids is 1. The number of anilines is 1. The molecule has 0 aliphatic carbocycles. The van der Waals surface area contributed by atoms with Crippen LogP contribution in [-0.4, -0.2) is 42.4 Å². The fraction of sp³-hybridized carbons (Fsp3) is 0.684. The second-order valence-corrected chi connectivity index (χ2v) is 8.20. The zero-order valence-corrected chi connectivity index (χ0v) is 17.3. The smallest absolute Gasteiger partial charge is 0.306 e. The maximum absolute atomic E-state index is 12.0. The molecular formula is C19H30ClN3O2S. The quantitative estimate of drug-likeness (QED) is 0.445. The number of carbonyl (C=O) groups is 1. The molecule has 1 aliphatic rings. The molecule has 2 rings (SSSR count). The van der Waals surface area contributed by atoms with E-state index < -0.39 is 0 Å². The molecule has 2 heterocycles. The highest BCUT2D eigenvalue weighted by molar-refractivity contribution is 7.99. The summed E-state index contributed by atoms with van der Waals surface area (Å²) in [6.07, 6.45) is 6.26. The van der Waals surface area contributed by atoms with Crippen LogP contribution in [-0.2, 0) is 9.53 Å². The van der Waals surface area contributed by atoms with E-state index in [9.17, 15) is 4.79 Å². The fourth-order valence-electron chi connectivity index (χ4n) is 2.91. The molecule has 1 saturated heterocycles. The molecule has 0 amide bonds. The van der Waals surface area contributed by atoms with Crippen molar-refractivity contribution in [3.8, 4) is 0 Å². The molecule has 0 aromatic carbocycles. The monoisotopic (exact) mass is 399 g/mol. The fourth-order valence-corrected chi connectivity index (χ4v) is 4.16. The van der Waals surface area contributed by atoms with Gasteiger partial charge in [-0.3, -0.25) is 4.79 Å². The maximum Gasteiger partial charge on any atom is 0.306 e. The minimum atomic E-state index is -0.173. The summed E-state index contributed by atoms with van der Waals surface area (Å²) >= 11 is 8.03. The highest BCUT2D eigenvalue weighted by Gasteiger charge is 2.21. The van der Waals surface area contributed by atoms with Crippen molar-refractivity contribution in [1.29, 1.82) is 0 Å². The minimum absolute atomic E-state index is 0.0997. The Kier molecular flexibility index (Phi) is 9.02. The van der Waals surface area contributed by atoms with E-state index in [-0.39, 0.29) is 17.9 Å². The Labute approximate surface area is 166 Å². The van der Waals surface area contributed by atoms with Crippen molar-refractivity contribution in [1.82, 2.24) is 4.98 Å². The van der Waals surface area contributed by atoms with Gasteiger partial charge in [0, 0.05) is 41.9 Å². The molecule has 2 atom stereocenters. The van der Waals surface area contributed by atoms with E-state index in [0.29, 0.717) is 23.8 Å². The van der Waals surface area contributed by atoms with Crippen molar-refractivity contribution in [2.45, 2.75) is 56.9 Å². The molecule has 5 nitrogen and oxygen atoms in total. The third-order valence-electron chi connectivity index (χ3n) is 4.77. The molecular weight excluding hydrogens is 370 g/mol. The van der Waals surface area contributed by atoms with Crippen LogP contribution in [0.1, 0.15) is 46.0 Å². The Morgan fingerprint density at radius 3 is 2.85 bits per heavy atom. The summed E-state index contributed by atoms with van der Waals surface area (Å²) in [5.41, 5.74) is 6.15. The van der Waals surface area contributed by atoms with Crippen LogP contribution in [0.25, 0.3) is 0 Å². The van der Waals surface area contributed by atoms with Crippen LogP contribution in [0, 0.1) is 5.92 Å². The van der Waals surface area contributed by atoms with Crippen LogP contribution in [0.4, 0.5) is 5.82 Å². The lowest BCUT2D eigenvalue weighted by molar-refractivity contribution is -0.144. The standard InChI is InChI=1S/C19H30ClN3O2S/c1-3-6-15(21)14(4-2)13-25-17(24)8-12-26-16-7-9-22-19(18(16)20)23-10-5-11-23/h7,9,14-15H,3-6,8,10-13,21H2,1-2H3. The van der Waals surface area contributed by atoms with Crippen molar-refractivity contribution < 1.29 is 9.53 Å². The van der Waals surface area contributed by atoms with Crippen molar-refractivity contribution >= 4 is 35.1 Å². The number of hydrogen-bond acceptors (Lipinski definition) is 6. The highest BCUT2D eigenvalue weighted by atomic mass is 35.5. The molecule has 26 heavy (non-hydrogen) atoms. The lowest BCUT2D eigenvalue weighted by atomic mass is 9.95. The van der Waals surface area contributed by atoms with E-state index >= 15 is 0 Å². The molecule has 1 fully saturated rings. The molecule has 1 aromatic rings. The van der Waals surface area contributed by atoms with Crippen molar-refractivity contribution in [2.75, 3.05) is 30.3 Å². The Balaban J connectivity index is 1.74. The van der Waals surface area contributed by atoms with E-state index in [1.165, 1.54) is 6.42 Å². The van der Waals surface area contributed by atoms with Gasteiger partial charge in [0.2, 0.25) is 0 Å². The number of ether oxygens (including phenoxy) is 1. The molecule has 146 valence electrons. The summed E-state index contributed by atoms with van der Waals surface area (Å²) in [6.45, 7) is 6.63. The van der Waals surface area contributed by atoms with E-state index in [1.54, 1.807) is 18.0 Å². The number of nitrogens with two attached hydrogens (primary N) is 1. The number of hydrogen-bond donors (Lipinski definition) is 1. The Morgan fingerprint density at radius 2 is 2.23 bits per heavy atom. The molecule has 7 heteroatoms. The molecule has 2 N–H and O–H groups in total. The summed E-state index contributed by atoms with van der Waals surface area (Å²) in [6, 6.07) is 2.00. The highest BCUT2D eigenvalue weighted by Crippen LogP contribution is 2.35. The zero-order chi connectivity index (χ0) is 18.9. The van der Waals surface area contributed by atoms with Gasteiger partial charge < -0.3 is 15.4 Å². The van der Waals surface area contributed by atoms with Gasteiger partial charge in [0.15, 0.2) is 0 Å². The van der Waals surface area contributed by atoms with Crippen LogP contribution < -0.4 is 10.6 Å². The Bertz CT molecular complexity index is 584. The van der Waals surface area contributed by atoms with Crippen LogP contribution in [0.5, 0.6) is 0 Å². The van der Waals surface area contributed by atoms with Gasteiger partial charge in [-0.25, -0.2) is 4.98 Å². The number of rotatable bonds is 11. The molecule has 0 spiro atoms. The van der Waals surface area contributed by atoms with Crippen molar-refractivity contribution in [2.24, 2.45) is 11.7 Å². The lowest BCUT2D eigenvalue weighted by Crippen LogP contribution is -2.37. The number of halogens is 1. The summed E-state index contributed by atoms with van der Waals surface area (Å²) < 4.78 is 5.43. The summed E-state index contributed by atoms with van der Waals surface area (Å²) in [5.74, 6) is 1.55. The van der Waals surface area contributed by atoms with Gasteiger partial charge in [-0.05, 0) is 25.3 Å². The van der Waals surface area contributed by atoms with Gasteiger partial charge in [-0.15, -0.1) is 11.8 Å². The second kappa shape index (κ2) is 11.0. The van der Waals surface area contributed by atoms with E-state index in [0.717, 1.165) is 43.1 Å². The molecule has 0 saturated carbocycles. The lowest BCUT2D eigenvalue weighted by Gasteiger charge is -2.32. The van der Waals surface area contributed by atoms with E-state index in [1.807, 2.05) is 6.07 Å². The molecule has 2 unspecified atom stereocenters. The van der Waals surface area contributed by atoms with Crippen LogP contribution >= 0.6 is 23.4 Å². The average Bonchev–Trinajstić information content (AvgIpc) is 2.57. The van der Waals surface area contributed by atoms with Crippen molar-refractivity contribution in [3.63, 3.8) is 0 Å². The number of aromatic nitrogens is 1. The van der Waals surface area contributed by atoms with E-state index in [4.69, 9.17) is 22.1 Å². The number of pyridine rings is 1. The zero-order valence-electron chi connectivity index (χ0n) is 15.7. The topological polar surface area (TPSA) is 68.5 Å². The first kappa shape index (κ1) is 21.3. The first-order chi connectivity index (χ1) is 12.6. The van der Waals surface area contributed by atoms with Gasteiger partial charge >= 0.3 is 5.97 Å².